The lowest BCUT2D eigenvalue weighted by Crippen LogP contribution is -2.56. The maximum Gasteiger partial charge on any atom is 0.246 e. The second-order valence-corrected chi connectivity index (χ2v) is 11.8. The van der Waals surface area contributed by atoms with Gasteiger partial charge in [-0.15, -0.1) is 0 Å². The van der Waals surface area contributed by atoms with Crippen LogP contribution in [0.25, 0.3) is 0 Å². The Bertz CT molecular complexity index is 1360. The Labute approximate surface area is 243 Å². The molecule has 3 aliphatic heterocycles. The van der Waals surface area contributed by atoms with E-state index in [-0.39, 0.29) is 30.3 Å². The number of hydrogen-bond donors (Lipinski definition) is 2. The van der Waals surface area contributed by atoms with Crippen LogP contribution in [0, 0.1) is 11.8 Å². The number of anilines is 1. The summed E-state index contributed by atoms with van der Waals surface area (Å²) >= 11 is 12.2. The van der Waals surface area contributed by atoms with Crippen molar-refractivity contribution >= 4 is 46.6 Å². The molecule has 1 saturated carbocycles. The number of hydrogen-bond acceptors (Lipinski definition) is 5. The number of halogens is 2. The minimum absolute atomic E-state index is 0.0611. The normalized spacial score (nSPS) is 29.0. The first-order chi connectivity index (χ1) is 19.3. The second kappa shape index (κ2) is 10.7. The summed E-state index contributed by atoms with van der Waals surface area (Å²) in [5, 5.41) is 6.76. The number of nitrogens with one attached hydrogen (secondary N) is 2. The summed E-state index contributed by atoms with van der Waals surface area (Å²) < 4.78 is 11.7. The van der Waals surface area contributed by atoms with E-state index in [0.717, 1.165) is 37.7 Å². The van der Waals surface area contributed by atoms with Crippen molar-refractivity contribution in [2.45, 2.75) is 62.4 Å². The summed E-state index contributed by atoms with van der Waals surface area (Å²) in [4.78, 5) is 43.3. The lowest BCUT2D eigenvalue weighted by Gasteiger charge is -2.34. The maximum absolute atomic E-state index is 14.2. The van der Waals surface area contributed by atoms with Crippen LogP contribution in [0.2, 0.25) is 10.0 Å². The van der Waals surface area contributed by atoms with Gasteiger partial charge >= 0.3 is 0 Å². The van der Waals surface area contributed by atoms with Crippen LogP contribution >= 0.6 is 23.2 Å². The van der Waals surface area contributed by atoms with Gasteiger partial charge in [-0.1, -0.05) is 66.7 Å². The second-order valence-electron chi connectivity index (χ2n) is 11.0. The number of amides is 3. The minimum atomic E-state index is -1.23. The van der Waals surface area contributed by atoms with E-state index in [4.69, 9.17) is 32.7 Å². The molecule has 2 saturated heterocycles. The van der Waals surface area contributed by atoms with Crippen molar-refractivity contribution in [3.8, 4) is 5.75 Å². The first-order valence-corrected chi connectivity index (χ1v) is 14.4. The van der Waals surface area contributed by atoms with Crippen LogP contribution in [0.1, 0.15) is 37.7 Å². The lowest BCUT2D eigenvalue weighted by atomic mass is 9.74. The van der Waals surface area contributed by atoms with E-state index in [0.29, 0.717) is 21.5 Å². The maximum atomic E-state index is 14.2. The molecule has 2 aromatic rings. The van der Waals surface area contributed by atoms with E-state index < -0.39 is 29.6 Å². The Morgan fingerprint density at radius 2 is 1.80 bits per heavy atom. The molecule has 4 aliphatic rings. The van der Waals surface area contributed by atoms with Gasteiger partial charge < -0.3 is 25.0 Å². The summed E-state index contributed by atoms with van der Waals surface area (Å²) in [7, 11) is 1.59. The van der Waals surface area contributed by atoms with Gasteiger partial charge in [0.2, 0.25) is 17.7 Å². The van der Waals surface area contributed by atoms with Crippen LogP contribution in [0.5, 0.6) is 5.75 Å². The average molecular weight is 584 g/mol. The third-order valence-electron chi connectivity index (χ3n) is 8.58. The highest BCUT2D eigenvalue weighted by Gasteiger charge is 2.72. The Kier molecular flexibility index (Phi) is 7.27. The van der Waals surface area contributed by atoms with Gasteiger partial charge in [0, 0.05) is 18.3 Å². The summed E-state index contributed by atoms with van der Waals surface area (Å²) in [6.45, 7) is 0.201. The molecule has 210 valence electrons. The van der Waals surface area contributed by atoms with Crippen molar-refractivity contribution in [1.82, 2.24) is 10.2 Å². The van der Waals surface area contributed by atoms with Gasteiger partial charge in [0.1, 0.15) is 17.4 Å². The Morgan fingerprint density at radius 1 is 1.05 bits per heavy atom. The minimum Gasteiger partial charge on any atom is -0.497 e. The SMILES string of the molecule is COc1ccc(CN2C(=O)[C@H]3[C@@H](C(=O)Nc4ccc(Cl)c(Cl)c4)[C@H]4C=C[C@@]3(O4)[C@@H]2C(=O)NC2CCCCC2)cc1. The molecule has 5 atom stereocenters. The molecule has 2 bridgehead atoms. The van der Waals surface area contributed by atoms with Crippen molar-refractivity contribution in [2.24, 2.45) is 11.8 Å². The fourth-order valence-corrected chi connectivity index (χ4v) is 6.99. The molecule has 6 rings (SSSR count). The molecule has 0 radical (unpaired) electrons. The average Bonchev–Trinajstić information content (AvgIpc) is 3.59. The number of likely N-dealkylation sites (tertiary alicyclic amines) is 1. The molecule has 40 heavy (non-hydrogen) atoms. The molecular formula is C30H31Cl2N3O5. The lowest BCUT2D eigenvalue weighted by molar-refractivity contribution is -0.142. The van der Waals surface area contributed by atoms with E-state index in [9.17, 15) is 14.4 Å². The van der Waals surface area contributed by atoms with Crippen molar-refractivity contribution in [2.75, 3.05) is 12.4 Å². The van der Waals surface area contributed by atoms with E-state index >= 15 is 0 Å². The zero-order valence-corrected chi connectivity index (χ0v) is 23.6. The Morgan fingerprint density at radius 3 is 2.50 bits per heavy atom. The summed E-state index contributed by atoms with van der Waals surface area (Å²) in [5.74, 6) is -1.84. The topological polar surface area (TPSA) is 97.0 Å². The molecule has 2 N–H and O–H groups in total. The number of ether oxygens (including phenoxy) is 2. The molecule has 2 aromatic carbocycles. The van der Waals surface area contributed by atoms with Crippen LogP contribution in [-0.4, -0.2) is 53.5 Å². The molecule has 8 nitrogen and oxygen atoms in total. The number of fused-ring (bicyclic) bond motifs is 1. The molecule has 3 fully saturated rings. The van der Waals surface area contributed by atoms with Crippen molar-refractivity contribution in [1.29, 1.82) is 0 Å². The smallest absolute Gasteiger partial charge is 0.246 e. The fourth-order valence-electron chi connectivity index (χ4n) is 6.69. The van der Waals surface area contributed by atoms with Crippen molar-refractivity contribution in [3.05, 3.63) is 70.2 Å². The molecule has 0 aromatic heterocycles. The highest BCUT2D eigenvalue weighted by Crippen LogP contribution is 2.55. The van der Waals surface area contributed by atoms with Gasteiger partial charge in [0.15, 0.2) is 0 Å². The molecule has 3 amide bonds. The molecule has 1 spiro atoms. The van der Waals surface area contributed by atoms with Gasteiger partial charge in [-0.3, -0.25) is 14.4 Å². The van der Waals surface area contributed by atoms with Crippen LogP contribution < -0.4 is 15.4 Å². The van der Waals surface area contributed by atoms with Crippen LogP contribution in [0.3, 0.4) is 0 Å². The third-order valence-corrected chi connectivity index (χ3v) is 9.31. The number of nitrogens with zero attached hydrogens (tertiary/aromatic N) is 1. The van der Waals surface area contributed by atoms with Crippen LogP contribution in [-0.2, 0) is 25.7 Å². The van der Waals surface area contributed by atoms with E-state index in [1.807, 2.05) is 30.3 Å². The van der Waals surface area contributed by atoms with E-state index in [2.05, 4.69) is 10.6 Å². The highest BCUT2D eigenvalue weighted by atomic mass is 35.5. The standard InChI is InChI=1S/C30H31Cl2N3O5/c1-39-20-10-7-17(8-11-20)16-35-26(28(37)33-18-5-3-2-4-6-18)30-14-13-23(40-30)24(25(30)29(35)38)27(36)34-19-9-12-21(31)22(32)15-19/h7-15,18,23-26H,2-6,16H2,1H3,(H,33,37)(H,34,36)/t23-,24+,25-,26+,30+/m1/s1. The van der Waals surface area contributed by atoms with Crippen LogP contribution in [0.15, 0.2) is 54.6 Å². The number of carbonyl (C=O) groups excluding carboxylic acids is 3. The fraction of sp³-hybridized carbons (Fsp3) is 0.433. The molecule has 0 unspecified atom stereocenters. The van der Waals surface area contributed by atoms with Gasteiger partial charge in [0.25, 0.3) is 0 Å². The first kappa shape index (κ1) is 27.1. The van der Waals surface area contributed by atoms with Crippen LogP contribution in [0.4, 0.5) is 5.69 Å². The van der Waals surface area contributed by atoms with Crippen molar-refractivity contribution < 1.29 is 23.9 Å². The largest absolute Gasteiger partial charge is 0.497 e. The molecular weight excluding hydrogens is 553 g/mol. The molecule has 3 heterocycles. The number of methoxy groups -OCH3 is 1. The van der Waals surface area contributed by atoms with E-state index in [1.165, 1.54) is 0 Å². The van der Waals surface area contributed by atoms with Gasteiger partial charge in [-0.25, -0.2) is 0 Å². The predicted octanol–water partition coefficient (Wildman–Crippen LogP) is 4.74. The van der Waals surface area contributed by atoms with E-state index in [1.54, 1.807) is 36.3 Å². The van der Waals surface area contributed by atoms with Crippen molar-refractivity contribution in [3.63, 3.8) is 0 Å². The number of rotatable bonds is 7. The first-order valence-electron chi connectivity index (χ1n) is 13.7. The predicted molar refractivity (Wildman–Crippen MR) is 151 cm³/mol. The highest BCUT2D eigenvalue weighted by molar-refractivity contribution is 6.42. The monoisotopic (exact) mass is 583 g/mol. The number of carbonyl (C=O) groups is 3. The summed E-state index contributed by atoms with van der Waals surface area (Å²) in [5.41, 5.74) is 0.0794. The summed E-state index contributed by atoms with van der Waals surface area (Å²) in [6, 6.07) is 11.4. The molecule has 10 heteroatoms. The third kappa shape index (κ3) is 4.66. The zero-order chi connectivity index (χ0) is 28.0. The Hall–Kier alpha value is -3.07. The Balaban J connectivity index is 1.31. The van der Waals surface area contributed by atoms with Gasteiger partial charge in [0.05, 0.1) is 35.1 Å². The van der Waals surface area contributed by atoms with Gasteiger partial charge in [-0.2, -0.15) is 0 Å². The quantitative estimate of drug-likeness (QED) is 0.459. The number of benzene rings is 2. The molecule has 1 aliphatic carbocycles. The zero-order valence-electron chi connectivity index (χ0n) is 22.1. The van der Waals surface area contributed by atoms with Gasteiger partial charge in [-0.05, 0) is 48.7 Å². The summed E-state index contributed by atoms with van der Waals surface area (Å²) in [6.07, 6.45) is 8.12.